The van der Waals surface area contributed by atoms with Gasteiger partial charge >= 0.3 is 11.9 Å². The highest BCUT2D eigenvalue weighted by atomic mass is 16.6. The van der Waals surface area contributed by atoms with Crippen molar-refractivity contribution in [2.45, 2.75) is 194 Å². The second-order valence-corrected chi connectivity index (χ2v) is 13.6. The van der Waals surface area contributed by atoms with Crippen LogP contribution in [0, 0.1) is 0 Å². The van der Waals surface area contributed by atoms with Gasteiger partial charge in [-0.25, -0.2) is 0 Å². The summed E-state index contributed by atoms with van der Waals surface area (Å²) in [6, 6.07) is 7.34. The summed E-state index contributed by atoms with van der Waals surface area (Å²) in [5.74, 6) is 1.00. The standard InChI is InChI=1S/C42H74O6/c1-3-5-7-9-11-13-15-17-19-21-23-25-27-32-41(43)47-36-34-45-39-30-29-31-40(38-39)46-35-37-48-42(44)33-28-26-24-22-20-18-16-14-12-10-8-6-4-2/h29-31,38H,3-28,32-37H2,1-2H3. The molecule has 0 saturated heterocycles. The van der Waals surface area contributed by atoms with Crippen molar-refractivity contribution in [2.75, 3.05) is 26.4 Å². The van der Waals surface area contributed by atoms with Crippen molar-refractivity contribution < 1.29 is 28.5 Å². The fourth-order valence-corrected chi connectivity index (χ4v) is 6.00. The summed E-state index contributed by atoms with van der Waals surface area (Å²) >= 11 is 0. The molecule has 48 heavy (non-hydrogen) atoms. The van der Waals surface area contributed by atoms with E-state index in [1.165, 1.54) is 141 Å². The zero-order chi connectivity index (χ0) is 34.6. The lowest BCUT2D eigenvalue weighted by Gasteiger charge is -2.10. The summed E-state index contributed by atoms with van der Waals surface area (Å²) in [5.41, 5.74) is 0. The summed E-state index contributed by atoms with van der Waals surface area (Å²) in [6.45, 7) is 5.59. The van der Waals surface area contributed by atoms with Crippen LogP contribution in [0.1, 0.15) is 194 Å². The van der Waals surface area contributed by atoms with E-state index in [-0.39, 0.29) is 25.2 Å². The zero-order valence-corrected chi connectivity index (χ0v) is 31.4. The normalized spacial score (nSPS) is 11.0. The van der Waals surface area contributed by atoms with Crippen LogP contribution in [0.25, 0.3) is 0 Å². The first-order valence-corrected chi connectivity index (χ1v) is 20.3. The third kappa shape index (κ3) is 29.9. The molecule has 0 amide bonds. The molecule has 0 bridgehead atoms. The van der Waals surface area contributed by atoms with Gasteiger partial charge < -0.3 is 18.9 Å². The molecule has 0 heterocycles. The summed E-state index contributed by atoms with van der Waals surface area (Å²) in [5, 5.41) is 0. The molecule has 0 radical (unpaired) electrons. The molecule has 0 saturated carbocycles. The van der Waals surface area contributed by atoms with Gasteiger partial charge in [0.1, 0.15) is 37.9 Å². The molecule has 0 aliphatic rings. The van der Waals surface area contributed by atoms with Crippen LogP contribution in [0.4, 0.5) is 0 Å². The maximum Gasteiger partial charge on any atom is 0.305 e. The second kappa shape index (κ2) is 34.6. The van der Waals surface area contributed by atoms with E-state index in [4.69, 9.17) is 18.9 Å². The van der Waals surface area contributed by atoms with Gasteiger partial charge in [0, 0.05) is 18.9 Å². The average Bonchev–Trinajstić information content (AvgIpc) is 3.09. The van der Waals surface area contributed by atoms with Gasteiger partial charge in [-0.2, -0.15) is 0 Å². The van der Waals surface area contributed by atoms with Crippen molar-refractivity contribution in [1.29, 1.82) is 0 Å². The molecule has 0 spiro atoms. The summed E-state index contributed by atoms with van der Waals surface area (Å²) in [6.07, 6.45) is 34.5. The van der Waals surface area contributed by atoms with Crippen molar-refractivity contribution in [3.63, 3.8) is 0 Å². The molecule has 0 aliphatic carbocycles. The van der Waals surface area contributed by atoms with Gasteiger partial charge in [-0.05, 0) is 25.0 Å². The summed E-state index contributed by atoms with van der Waals surface area (Å²) < 4.78 is 22.1. The number of benzene rings is 1. The van der Waals surface area contributed by atoms with Crippen LogP contribution in [0.2, 0.25) is 0 Å². The Balaban J connectivity index is 1.93. The third-order valence-corrected chi connectivity index (χ3v) is 9.00. The third-order valence-electron chi connectivity index (χ3n) is 9.00. The molecule has 0 atom stereocenters. The minimum atomic E-state index is -0.151. The highest BCUT2D eigenvalue weighted by molar-refractivity contribution is 5.69. The number of unbranched alkanes of at least 4 members (excludes halogenated alkanes) is 24. The van der Waals surface area contributed by atoms with Crippen molar-refractivity contribution in [3.8, 4) is 11.5 Å². The van der Waals surface area contributed by atoms with E-state index in [0.29, 0.717) is 37.6 Å². The minimum absolute atomic E-state index is 0.151. The molecule has 0 N–H and O–H groups in total. The van der Waals surface area contributed by atoms with E-state index in [0.717, 1.165) is 25.7 Å². The maximum atomic E-state index is 12.0. The van der Waals surface area contributed by atoms with Gasteiger partial charge in [-0.1, -0.05) is 174 Å². The average molecular weight is 675 g/mol. The number of rotatable bonds is 36. The van der Waals surface area contributed by atoms with Crippen LogP contribution in [-0.2, 0) is 19.1 Å². The lowest BCUT2D eigenvalue weighted by atomic mass is 10.0. The van der Waals surface area contributed by atoms with Gasteiger partial charge in [0.2, 0.25) is 0 Å². The molecule has 1 aromatic carbocycles. The van der Waals surface area contributed by atoms with Crippen LogP contribution < -0.4 is 9.47 Å². The van der Waals surface area contributed by atoms with Gasteiger partial charge in [0.05, 0.1) is 0 Å². The molecular formula is C42H74O6. The quantitative estimate of drug-likeness (QED) is 0.0521. The first-order chi connectivity index (χ1) is 23.7. The van der Waals surface area contributed by atoms with E-state index >= 15 is 0 Å². The van der Waals surface area contributed by atoms with Gasteiger partial charge in [-0.15, -0.1) is 0 Å². The van der Waals surface area contributed by atoms with Crippen LogP contribution in [0.15, 0.2) is 24.3 Å². The maximum absolute atomic E-state index is 12.0. The van der Waals surface area contributed by atoms with E-state index in [2.05, 4.69) is 13.8 Å². The van der Waals surface area contributed by atoms with Crippen LogP contribution in [-0.4, -0.2) is 38.4 Å². The molecule has 0 aliphatic heterocycles. The number of carbonyl (C=O) groups excluding carboxylic acids is 2. The smallest absolute Gasteiger partial charge is 0.305 e. The lowest BCUT2D eigenvalue weighted by Crippen LogP contribution is -2.13. The monoisotopic (exact) mass is 675 g/mol. The van der Waals surface area contributed by atoms with Crippen molar-refractivity contribution in [3.05, 3.63) is 24.3 Å². The summed E-state index contributed by atoms with van der Waals surface area (Å²) in [7, 11) is 0. The Hall–Kier alpha value is -2.24. The van der Waals surface area contributed by atoms with Crippen LogP contribution in [0.5, 0.6) is 11.5 Å². The fraction of sp³-hybridized carbons (Fsp3) is 0.810. The first-order valence-electron chi connectivity index (χ1n) is 20.3. The number of hydrogen-bond acceptors (Lipinski definition) is 6. The molecule has 0 fully saturated rings. The molecule has 278 valence electrons. The molecule has 6 nitrogen and oxygen atoms in total. The molecule has 1 rings (SSSR count). The summed E-state index contributed by atoms with van der Waals surface area (Å²) in [4.78, 5) is 24.1. The van der Waals surface area contributed by atoms with E-state index in [1.807, 2.05) is 18.2 Å². The number of hydrogen-bond donors (Lipinski definition) is 0. The molecular weight excluding hydrogens is 600 g/mol. The van der Waals surface area contributed by atoms with Gasteiger partial charge in [0.25, 0.3) is 0 Å². The Morgan fingerprint density at radius 2 is 0.708 bits per heavy atom. The Labute approximate surface area is 295 Å². The van der Waals surface area contributed by atoms with Gasteiger partial charge in [-0.3, -0.25) is 9.59 Å². The Morgan fingerprint density at radius 3 is 1.02 bits per heavy atom. The van der Waals surface area contributed by atoms with E-state index in [9.17, 15) is 9.59 Å². The molecule has 0 unspecified atom stereocenters. The highest BCUT2D eigenvalue weighted by Crippen LogP contribution is 2.20. The van der Waals surface area contributed by atoms with E-state index in [1.54, 1.807) is 6.07 Å². The number of ether oxygens (including phenoxy) is 4. The SMILES string of the molecule is CCCCCCCCCCCCCCCC(=O)OCCOc1cccc(OCCOC(=O)CCCCCCCCCCCCCCC)c1. The van der Waals surface area contributed by atoms with Crippen LogP contribution in [0.3, 0.4) is 0 Å². The minimum Gasteiger partial charge on any atom is -0.490 e. The Kier molecular flexibility index (Phi) is 31.6. The van der Waals surface area contributed by atoms with Crippen molar-refractivity contribution >= 4 is 11.9 Å². The topological polar surface area (TPSA) is 71.1 Å². The first kappa shape index (κ1) is 43.8. The van der Waals surface area contributed by atoms with Crippen LogP contribution >= 0.6 is 0 Å². The highest BCUT2D eigenvalue weighted by Gasteiger charge is 2.06. The largest absolute Gasteiger partial charge is 0.490 e. The number of esters is 2. The van der Waals surface area contributed by atoms with Crippen molar-refractivity contribution in [2.24, 2.45) is 0 Å². The molecule has 1 aromatic rings. The Bertz CT molecular complexity index is 791. The van der Waals surface area contributed by atoms with Crippen molar-refractivity contribution in [1.82, 2.24) is 0 Å². The predicted molar refractivity (Wildman–Crippen MR) is 200 cm³/mol. The zero-order valence-electron chi connectivity index (χ0n) is 31.4. The van der Waals surface area contributed by atoms with Gasteiger partial charge in [0.15, 0.2) is 0 Å². The predicted octanol–water partition coefficient (Wildman–Crippen LogP) is 12.5. The second-order valence-electron chi connectivity index (χ2n) is 13.6. The number of carbonyl (C=O) groups is 2. The molecule has 0 aromatic heterocycles. The Morgan fingerprint density at radius 1 is 0.417 bits per heavy atom. The molecule has 6 heteroatoms. The van der Waals surface area contributed by atoms with E-state index < -0.39 is 0 Å². The lowest BCUT2D eigenvalue weighted by molar-refractivity contribution is -0.145. The fourth-order valence-electron chi connectivity index (χ4n) is 6.00.